The molecule has 0 saturated carbocycles. The largest absolute Gasteiger partial charge is 0.378 e. The number of rotatable bonds is 3. The summed E-state index contributed by atoms with van der Waals surface area (Å²) in [7, 11) is 3.94. The Bertz CT molecular complexity index is 203. The molecule has 0 radical (unpaired) electrons. The zero-order valence-corrected chi connectivity index (χ0v) is 9.62. The van der Waals surface area contributed by atoms with E-state index in [0.717, 1.165) is 19.1 Å². The van der Waals surface area contributed by atoms with Crippen LogP contribution in [0.15, 0.2) is 0 Å². The summed E-state index contributed by atoms with van der Waals surface area (Å²) in [6, 6.07) is 0. The van der Waals surface area contributed by atoms with Gasteiger partial charge in [0, 0.05) is 6.61 Å². The monoisotopic (exact) mass is 199 g/mol. The molecule has 0 spiro atoms. The first kappa shape index (κ1) is 11.7. The van der Waals surface area contributed by atoms with Gasteiger partial charge in [-0.3, -0.25) is 4.90 Å². The van der Waals surface area contributed by atoms with Gasteiger partial charge in [-0.25, -0.2) is 0 Å². The van der Waals surface area contributed by atoms with Crippen LogP contribution < -0.4 is 0 Å². The van der Waals surface area contributed by atoms with Crippen LogP contribution >= 0.6 is 0 Å². The van der Waals surface area contributed by atoms with Crippen LogP contribution in [0.4, 0.5) is 0 Å². The molecule has 0 bridgehead atoms. The van der Waals surface area contributed by atoms with Gasteiger partial charge in [0.15, 0.2) is 0 Å². The Morgan fingerprint density at radius 3 is 2.57 bits per heavy atom. The van der Waals surface area contributed by atoms with E-state index >= 15 is 0 Å². The summed E-state index contributed by atoms with van der Waals surface area (Å²) in [6.45, 7) is 4.97. The molecular weight excluding hydrogens is 178 g/mol. The van der Waals surface area contributed by atoms with E-state index < -0.39 is 0 Å². The number of likely N-dealkylation sites (N-methyl/N-ethyl adjacent to an activating group) is 1. The first-order chi connectivity index (χ1) is 6.52. The third-order valence-corrected chi connectivity index (χ3v) is 3.28. The van der Waals surface area contributed by atoms with E-state index in [1.807, 2.05) is 19.0 Å². The van der Waals surface area contributed by atoms with Crippen LogP contribution in [0.2, 0.25) is 0 Å². The standard InChI is InChI=1S/C11H21NO2/c1-9(2)10-7-11(8-13,12(3)4)5-6-14-10/h8-10H,5-7H2,1-4H3. The van der Waals surface area contributed by atoms with Gasteiger partial charge in [-0.1, -0.05) is 13.8 Å². The smallest absolute Gasteiger partial charge is 0.140 e. The molecule has 0 amide bonds. The van der Waals surface area contributed by atoms with E-state index in [9.17, 15) is 4.79 Å². The summed E-state index contributed by atoms with van der Waals surface area (Å²) in [6.07, 6.45) is 2.94. The Hall–Kier alpha value is -0.410. The van der Waals surface area contributed by atoms with Gasteiger partial charge in [-0.05, 0) is 32.9 Å². The predicted octanol–water partition coefficient (Wildman–Crippen LogP) is 1.32. The van der Waals surface area contributed by atoms with Crippen LogP contribution in [-0.2, 0) is 9.53 Å². The molecule has 1 aliphatic heterocycles. The lowest BCUT2D eigenvalue weighted by Crippen LogP contribution is -2.53. The molecular formula is C11H21NO2. The first-order valence-electron chi connectivity index (χ1n) is 5.27. The maximum absolute atomic E-state index is 11.2. The van der Waals surface area contributed by atoms with Crippen LogP contribution in [0.25, 0.3) is 0 Å². The highest BCUT2D eigenvalue weighted by Gasteiger charge is 2.39. The molecule has 0 aromatic rings. The highest BCUT2D eigenvalue weighted by Crippen LogP contribution is 2.30. The summed E-state index contributed by atoms with van der Waals surface area (Å²) in [5.41, 5.74) is -0.298. The third-order valence-electron chi connectivity index (χ3n) is 3.28. The molecule has 0 aromatic heterocycles. The normalized spacial score (nSPS) is 33.7. The van der Waals surface area contributed by atoms with E-state index in [1.54, 1.807) is 0 Å². The molecule has 2 unspecified atom stereocenters. The summed E-state index contributed by atoms with van der Waals surface area (Å²) in [5, 5.41) is 0. The molecule has 82 valence electrons. The zero-order valence-electron chi connectivity index (χ0n) is 9.62. The number of nitrogens with zero attached hydrogens (tertiary/aromatic N) is 1. The molecule has 14 heavy (non-hydrogen) atoms. The van der Waals surface area contributed by atoms with Crippen molar-refractivity contribution in [3.63, 3.8) is 0 Å². The fourth-order valence-electron chi connectivity index (χ4n) is 1.94. The molecule has 1 heterocycles. The minimum atomic E-state index is -0.298. The highest BCUT2D eigenvalue weighted by atomic mass is 16.5. The van der Waals surface area contributed by atoms with Crippen molar-refractivity contribution in [3.05, 3.63) is 0 Å². The van der Waals surface area contributed by atoms with Crippen molar-refractivity contribution in [3.8, 4) is 0 Å². The second-order valence-electron chi connectivity index (χ2n) is 4.72. The second kappa shape index (κ2) is 4.41. The van der Waals surface area contributed by atoms with Gasteiger partial charge in [-0.2, -0.15) is 0 Å². The number of carbonyl (C=O) groups is 1. The molecule has 1 rings (SSSR count). The SMILES string of the molecule is CC(C)C1CC(C=O)(N(C)C)CCO1. The fraction of sp³-hybridized carbons (Fsp3) is 0.909. The average molecular weight is 199 g/mol. The van der Waals surface area contributed by atoms with Crippen molar-refractivity contribution in [1.29, 1.82) is 0 Å². The Morgan fingerprint density at radius 2 is 2.14 bits per heavy atom. The molecule has 1 aliphatic rings. The molecule has 0 N–H and O–H groups in total. The molecule has 3 nitrogen and oxygen atoms in total. The molecule has 1 saturated heterocycles. The van der Waals surface area contributed by atoms with E-state index in [4.69, 9.17) is 4.74 Å². The molecule has 2 atom stereocenters. The number of aldehydes is 1. The maximum atomic E-state index is 11.2. The van der Waals surface area contributed by atoms with Gasteiger partial charge in [0.2, 0.25) is 0 Å². The Balaban J connectivity index is 2.74. The predicted molar refractivity (Wildman–Crippen MR) is 56.3 cm³/mol. The summed E-state index contributed by atoms with van der Waals surface area (Å²) < 4.78 is 5.66. The fourth-order valence-corrected chi connectivity index (χ4v) is 1.94. The van der Waals surface area contributed by atoms with Gasteiger partial charge < -0.3 is 9.53 Å². The quantitative estimate of drug-likeness (QED) is 0.642. The summed E-state index contributed by atoms with van der Waals surface area (Å²) in [5.74, 6) is 0.481. The van der Waals surface area contributed by atoms with Crippen molar-refractivity contribution in [2.45, 2.75) is 38.3 Å². The zero-order chi connectivity index (χ0) is 10.8. The Labute approximate surface area is 86.4 Å². The van der Waals surface area contributed by atoms with Crippen LogP contribution in [0.1, 0.15) is 26.7 Å². The average Bonchev–Trinajstić information content (AvgIpc) is 2.17. The van der Waals surface area contributed by atoms with Gasteiger partial charge in [0.1, 0.15) is 6.29 Å². The lowest BCUT2D eigenvalue weighted by Gasteiger charge is -2.42. The van der Waals surface area contributed by atoms with E-state index in [-0.39, 0.29) is 11.6 Å². The third kappa shape index (κ3) is 2.15. The van der Waals surface area contributed by atoms with Crippen molar-refractivity contribution in [2.24, 2.45) is 5.92 Å². The van der Waals surface area contributed by atoms with E-state index in [1.165, 1.54) is 0 Å². The number of ether oxygens (including phenoxy) is 1. The van der Waals surface area contributed by atoms with Crippen molar-refractivity contribution < 1.29 is 9.53 Å². The minimum Gasteiger partial charge on any atom is -0.378 e. The van der Waals surface area contributed by atoms with Crippen LogP contribution in [0.5, 0.6) is 0 Å². The van der Waals surface area contributed by atoms with Gasteiger partial charge in [0.25, 0.3) is 0 Å². The van der Waals surface area contributed by atoms with Gasteiger partial charge in [-0.15, -0.1) is 0 Å². The Kier molecular flexibility index (Phi) is 3.67. The maximum Gasteiger partial charge on any atom is 0.140 e. The molecule has 0 aromatic carbocycles. The van der Waals surface area contributed by atoms with Crippen molar-refractivity contribution in [2.75, 3.05) is 20.7 Å². The van der Waals surface area contributed by atoms with Gasteiger partial charge in [0.05, 0.1) is 11.6 Å². The molecule has 0 aliphatic carbocycles. The molecule has 3 heteroatoms. The lowest BCUT2D eigenvalue weighted by atomic mass is 9.83. The minimum absolute atomic E-state index is 0.219. The van der Waals surface area contributed by atoms with E-state index in [0.29, 0.717) is 12.5 Å². The first-order valence-corrected chi connectivity index (χ1v) is 5.27. The molecule has 1 fully saturated rings. The van der Waals surface area contributed by atoms with Crippen LogP contribution in [-0.4, -0.2) is 43.5 Å². The van der Waals surface area contributed by atoms with Crippen LogP contribution in [0, 0.1) is 5.92 Å². The van der Waals surface area contributed by atoms with Crippen molar-refractivity contribution >= 4 is 6.29 Å². The summed E-state index contributed by atoms with van der Waals surface area (Å²) >= 11 is 0. The van der Waals surface area contributed by atoms with Crippen LogP contribution in [0.3, 0.4) is 0 Å². The lowest BCUT2D eigenvalue weighted by molar-refractivity contribution is -0.130. The van der Waals surface area contributed by atoms with Gasteiger partial charge >= 0.3 is 0 Å². The number of hydrogen-bond acceptors (Lipinski definition) is 3. The highest BCUT2D eigenvalue weighted by molar-refractivity contribution is 5.64. The Morgan fingerprint density at radius 1 is 1.50 bits per heavy atom. The topological polar surface area (TPSA) is 29.5 Å². The second-order valence-corrected chi connectivity index (χ2v) is 4.72. The number of carbonyl (C=O) groups excluding carboxylic acids is 1. The summed E-state index contributed by atoms with van der Waals surface area (Å²) in [4.78, 5) is 13.2. The van der Waals surface area contributed by atoms with E-state index in [2.05, 4.69) is 13.8 Å². The van der Waals surface area contributed by atoms with Crippen molar-refractivity contribution in [1.82, 2.24) is 4.90 Å². The number of hydrogen-bond donors (Lipinski definition) is 0.